The van der Waals surface area contributed by atoms with Gasteiger partial charge in [-0.05, 0) is 30.0 Å². The number of rotatable bonds is 7. The van der Waals surface area contributed by atoms with Crippen LogP contribution < -0.4 is 19.5 Å². The van der Waals surface area contributed by atoms with Crippen molar-refractivity contribution in [3.63, 3.8) is 0 Å². The number of hydrogen-bond acceptors (Lipinski definition) is 5. The van der Waals surface area contributed by atoms with Gasteiger partial charge in [-0.15, -0.1) is 11.3 Å². The molecule has 0 fully saturated rings. The van der Waals surface area contributed by atoms with E-state index in [9.17, 15) is 0 Å². The minimum absolute atomic E-state index is 0.272. The molecule has 0 atom stereocenters. The zero-order valence-corrected chi connectivity index (χ0v) is 15.3. The van der Waals surface area contributed by atoms with Crippen molar-refractivity contribution >= 4 is 17.3 Å². The van der Waals surface area contributed by atoms with Crippen LogP contribution in [0.5, 0.6) is 17.2 Å². The maximum Gasteiger partial charge on any atom is 0.231 e. The monoisotopic (exact) mass is 361 g/mol. The summed E-state index contributed by atoms with van der Waals surface area (Å²) in [6.07, 6.45) is 1.02. The van der Waals surface area contributed by atoms with Crippen molar-refractivity contribution in [3.05, 3.63) is 40.6 Å². The molecule has 1 N–H and O–H groups in total. The molecular weight excluding hydrogens is 338 g/mol. The van der Waals surface area contributed by atoms with Gasteiger partial charge in [0.05, 0.1) is 6.54 Å². The summed E-state index contributed by atoms with van der Waals surface area (Å²) in [7, 11) is 3.84. The van der Waals surface area contributed by atoms with Crippen LogP contribution in [-0.4, -0.2) is 51.4 Å². The summed E-state index contributed by atoms with van der Waals surface area (Å²) in [4.78, 5) is 7.83. The lowest BCUT2D eigenvalue weighted by molar-refractivity contribution is 0.173. The molecule has 3 rings (SSSR count). The fourth-order valence-electron chi connectivity index (χ4n) is 2.52. The van der Waals surface area contributed by atoms with E-state index in [0.29, 0.717) is 13.2 Å². The number of nitrogens with one attached hydrogen (secondary N) is 1. The zero-order valence-electron chi connectivity index (χ0n) is 14.5. The molecule has 7 heteroatoms. The molecule has 2 heterocycles. The van der Waals surface area contributed by atoms with Gasteiger partial charge in [-0.1, -0.05) is 6.07 Å². The van der Waals surface area contributed by atoms with Gasteiger partial charge in [-0.3, -0.25) is 4.99 Å². The molecule has 25 heavy (non-hydrogen) atoms. The Labute approximate surface area is 152 Å². The first-order valence-electron chi connectivity index (χ1n) is 8.23. The number of likely N-dealkylation sites (N-methyl/N-ethyl adjacent to an activating group) is 1. The predicted molar refractivity (Wildman–Crippen MR) is 100 cm³/mol. The smallest absolute Gasteiger partial charge is 0.231 e. The Hall–Kier alpha value is -2.41. The van der Waals surface area contributed by atoms with Crippen molar-refractivity contribution in [1.29, 1.82) is 0 Å². The molecular formula is C18H23N3O3S. The zero-order chi connectivity index (χ0) is 17.5. The van der Waals surface area contributed by atoms with Crippen LogP contribution in [0.4, 0.5) is 0 Å². The standard InChI is InChI=1S/C18H23N3O3S/c1-19-18(21(2)9-7-15-4-3-11-25-15)20-8-10-22-14-5-6-16-17(12-14)24-13-23-16/h3-6,11-12H,7-10,13H2,1-2H3,(H,19,20). The van der Waals surface area contributed by atoms with Gasteiger partial charge in [0.15, 0.2) is 17.5 Å². The van der Waals surface area contributed by atoms with Crippen molar-refractivity contribution in [2.24, 2.45) is 4.99 Å². The topological polar surface area (TPSA) is 55.3 Å². The van der Waals surface area contributed by atoms with Crippen LogP contribution in [0.3, 0.4) is 0 Å². The Morgan fingerprint density at radius 3 is 3.00 bits per heavy atom. The molecule has 6 nitrogen and oxygen atoms in total. The van der Waals surface area contributed by atoms with Crippen molar-refractivity contribution < 1.29 is 14.2 Å². The fourth-order valence-corrected chi connectivity index (χ4v) is 3.22. The van der Waals surface area contributed by atoms with E-state index in [0.717, 1.165) is 36.2 Å². The van der Waals surface area contributed by atoms with Gasteiger partial charge in [0.25, 0.3) is 0 Å². The predicted octanol–water partition coefficient (Wildman–Crippen LogP) is 2.61. The number of ether oxygens (including phenoxy) is 3. The van der Waals surface area contributed by atoms with Crippen LogP contribution >= 0.6 is 11.3 Å². The Bertz CT molecular complexity index is 704. The highest BCUT2D eigenvalue weighted by Gasteiger charge is 2.13. The number of benzene rings is 1. The lowest BCUT2D eigenvalue weighted by atomic mass is 10.3. The number of fused-ring (bicyclic) bond motifs is 1. The highest BCUT2D eigenvalue weighted by Crippen LogP contribution is 2.34. The Balaban J connectivity index is 1.39. The lowest BCUT2D eigenvalue weighted by Gasteiger charge is -2.21. The first kappa shape index (κ1) is 17.4. The van der Waals surface area contributed by atoms with Crippen molar-refractivity contribution in [1.82, 2.24) is 10.2 Å². The summed E-state index contributed by atoms with van der Waals surface area (Å²) in [5.74, 6) is 3.13. The number of aliphatic imine (C=N–C) groups is 1. The number of thiophene rings is 1. The third-order valence-corrected chi connectivity index (χ3v) is 4.78. The second-order valence-corrected chi connectivity index (χ2v) is 6.62. The van der Waals surface area contributed by atoms with Gasteiger partial charge in [0, 0.05) is 31.6 Å². The van der Waals surface area contributed by atoms with E-state index in [4.69, 9.17) is 14.2 Å². The van der Waals surface area contributed by atoms with Gasteiger partial charge >= 0.3 is 0 Å². The molecule has 0 aliphatic carbocycles. The molecule has 1 aliphatic heterocycles. The molecule has 2 aromatic rings. The average molecular weight is 361 g/mol. The molecule has 134 valence electrons. The van der Waals surface area contributed by atoms with Crippen molar-refractivity contribution in [3.8, 4) is 17.2 Å². The minimum atomic E-state index is 0.272. The molecule has 0 radical (unpaired) electrons. The maximum atomic E-state index is 5.75. The number of guanidine groups is 1. The van der Waals surface area contributed by atoms with E-state index in [-0.39, 0.29) is 6.79 Å². The molecule has 0 amide bonds. The average Bonchev–Trinajstić information content (AvgIpc) is 3.30. The van der Waals surface area contributed by atoms with Gasteiger partial charge in [0.1, 0.15) is 12.4 Å². The molecule has 0 unspecified atom stereocenters. The number of hydrogen-bond donors (Lipinski definition) is 1. The van der Waals surface area contributed by atoms with Gasteiger partial charge in [-0.2, -0.15) is 0 Å². The van der Waals surface area contributed by atoms with Gasteiger partial charge < -0.3 is 24.4 Å². The third-order valence-electron chi connectivity index (χ3n) is 3.85. The lowest BCUT2D eigenvalue weighted by Crippen LogP contribution is -2.41. The summed E-state index contributed by atoms with van der Waals surface area (Å²) in [5.41, 5.74) is 0. The van der Waals surface area contributed by atoms with Crippen LogP contribution in [0.2, 0.25) is 0 Å². The molecule has 1 aliphatic rings. The molecule has 1 aromatic heterocycles. The first-order chi connectivity index (χ1) is 12.3. The van der Waals surface area contributed by atoms with E-state index >= 15 is 0 Å². The Morgan fingerprint density at radius 1 is 1.32 bits per heavy atom. The van der Waals surface area contributed by atoms with E-state index in [1.165, 1.54) is 4.88 Å². The van der Waals surface area contributed by atoms with E-state index in [1.54, 1.807) is 18.4 Å². The summed E-state index contributed by atoms with van der Waals surface area (Å²) < 4.78 is 16.4. The summed E-state index contributed by atoms with van der Waals surface area (Å²) >= 11 is 1.79. The minimum Gasteiger partial charge on any atom is -0.492 e. The SMILES string of the molecule is CN=C(NCCOc1ccc2c(c1)OCO2)N(C)CCc1cccs1. The summed E-state index contributed by atoms with van der Waals surface area (Å²) in [5, 5.41) is 5.43. The van der Waals surface area contributed by atoms with Crippen LogP contribution in [0.1, 0.15) is 4.88 Å². The Kier molecular flexibility index (Phi) is 6.00. The molecule has 0 saturated carbocycles. The van der Waals surface area contributed by atoms with E-state index in [2.05, 4.69) is 32.7 Å². The number of nitrogens with zero attached hydrogens (tertiary/aromatic N) is 2. The second-order valence-electron chi connectivity index (χ2n) is 5.59. The van der Waals surface area contributed by atoms with Gasteiger partial charge in [0.2, 0.25) is 6.79 Å². The second kappa shape index (κ2) is 8.62. The van der Waals surface area contributed by atoms with E-state index in [1.807, 2.05) is 25.2 Å². The fraction of sp³-hybridized carbons (Fsp3) is 0.389. The van der Waals surface area contributed by atoms with Crippen molar-refractivity contribution in [2.75, 3.05) is 40.6 Å². The molecule has 1 aromatic carbocycles. The molecule has 0 saturated heterocycles. The molecule has 0 bridgehead atoms. The normalized spacial score (nSPS) is 13.0. The Morgan fingerprint density at radius 2 is 2.20 bits per heavy atom. The third kappa shape index (κ3) is 4.79. The largest absolute Gasteiger partial charge is 0.492 e. The highest BCUT2D eigenvalue weighted by atomic mass is 32.1. The van der Waals surface area contributed by atoms with Gasteiger partial charge in [-0.25, -0.2) is 0 Å². The van der Waals surface area contributed by atoms with Crippen LogP contribution in [0, 0.1) is 0 Å². The maximum absolute atomic E-state index is 5.75. The summed E-state index contributed by atoms with van der Waals surface area (Å²) in [6.45, 7) is 2.40. The van der Waals surface area contributed by atoms with Crippen LogP contribution in [-0.2, 0) is 6.42 Å². The van der Waals surface area contributed by atoms with Crippen LogP contribution in [0.15, 0.2) is 40.7 Å². The van der Waals surface area contributed by atoms with E-state index < -0.39 is 0 Å². The van der Waals surface area contributed by atoms with Crippen molar-refractivity contribution in [2.45, 2.75) is 6.42 Å². The molecule has 0 spiro atoms. The summed E-state index contributed by atoms with van der Waals surface area (Å²) in [6, 6.07) is 9.84. The highest BCUT2D eigenvalue weighted by molar-refractivity contribution is 7.09. The quantitative estimate of drug-likeness (QED) is 0.467. The van der Waals surface area contributed by atoms with Crippen LogP contribution in [0.25, 0.3) is 0 Å². The first-order valence-corrected chi connectivity index (χ1v) is 9.11.